The summed E-state index contributed by atoms with van der Waals surface area (Å²) >= 11 is 0. The second kappa shape index (κ2) is 14.8. The maximum Gasteiger partial charge on any atom is 0.415 e. The SMILES string of the molecule is C=C(/C=C\C(=C/CC)[C@@H](O)[C@H](CC(C)=O)C(=O)CC1CCN(Cc2ccc(OC(C)(C)C)cc2)CC1)C(F)(F)F. The minimum absolute atomic E-state index is 0.118. The van der Waals surface area contributed by atoms with Crippen LogP contribution in [0.1, 0.15) is 72.3 Å². The molecule has 0 spiro atoms. The molecule has 222 valence electrons. The molecule has 0 aromatic heterocycles. The summed E-state index contributed by atoms with van der Waals surface area (Å²) in [4.78, 5) is 27.6. The molecule has 1 N–H and O–H groups in total. The minimum atomic E-state index is -4.59. The summed E-state index contributed by atoms with van der Waals surface area (Å²) in [6, 6.07) is 8.07. The van der Waals surface area contributed by atoms with E-state index in [1.165, 1.54) is 12.5 Å². The first-order chi connectivity index (χ1) is 18.6. The lowest BCUT2D eigenvalue weighted by molar-refractivity contribution is -0.131. The first-order valence-electron chi connectivity index (χ1n) is 13.9. The van der Waals surface area contributed by atoms with E-state index in [2.05, 4.69) is 23.6 Å². The average molecular weight is 564 g/mol. The number of Topliss-reactive ketones (excluding diaryl/α,β-unsaturated/α-hetero) is 2. The van der Waals surface area contributed by atoms with E-state index in [-0.39, 0.29) is 41.5 Å². The van der Waals surface area contributed by atoms with Crippen LogP contribution in [0.25, 0.3) is 0 Å². The Bertz CT molecular complexity index is 1060. The Morgan fingerprint density at radius 2 is 1.73 bits per heavy atom. The number of hydrogen-bond donors (Lipinski definition) is 1. The summed E-state index contributed by atoms with van der Waals surface area (Å²) in [7, 11) is 0. The molecule has 8 heteroatoms. The Hall–Kier alpha value is -2.71. The van der Waals surface area contributed by atoms with Crippen LogP contribution in [0, 0.1) is 11.8 Å². The molecule has 0 unspecified atom stereocenters. The number of aliphatic hydroxyl groups excluding tert-OH is 1. The number of ether oxygens (including phenoxy) is 1. The lowest BCUT2D eigenvalue weighted by Crippen LogP contribution is -2.36. The van der Waals surface area contributed by atoms with Gasteiger partial charge >= 0.3 is 6.18 Å². The number of hydrogen-bond acceptors (Lipinski definition) is 5. The van der Waals surface area contributed by atoms with Crippen LogP contribution in [0.3, 0.4) is 0 Å². The highest BCUT2D eigenvalue weighted by Gasteiger charge is 2.33. The summed E-state index contributed by atoms with van der Waals surface area (Å²) < 4.78 is 44.5. The van der Waals surface area contributed by atoms with E-state index in [0.717, 1.165) is 50.4 Å². The molecule has 0 amide bonds. The quantitative estimate of drug-likeness (QED) is 0.262. The normalized spacial score (nSPS) is 17.6. The molecule has 1 aliphatic heterocycles. The minimum Gasteiger partial charge on any atom is -0.488 e. The van der Waals surface area contributed by atoms with Crippen LogP contribution in [0.2, 0.25) is 0 Å². The first-order valence-corrected chi connectivity index (χ1v) is 13.9. The van der Waals surface area contributed by atoms with Gasteiger partial charge in [-0.25, -0.2) is 0 Å². The number of carbonyl (C=O) groups excluding carboxylic acids is 2. The van der Waals surface area contributed by atoms with Gasteiger partial charge in [0.2, 0.25) is 0 Å². The number of carbonyl (C=O) groups is 2. The fourth-order valence-corrected chi connectivity index (χ4v) is 4.82. The molecule has 0 saturated carbocycles. The van der Waals surface area contributed by atoms with E-state index < -0.39 is 23.8 Å². The van der Waals surface area contributed by atoms with Crippen molar-refractivity contribution in [3.8, 4) is 5.75 Å². The molecule has 0 radical (unpaired) electrons. The van der Waals surface area contributed by atoms with Crippen LogP contribution < -0.4 is 4.74 Å². The lowest BCUT2D eigenvalue weighted by Gasteiger charge is -2.33. The molecule has 5 nitrogen and oxygen atoms in total. The zero-order chi connectivity index (χ0) is 30.1. The third-order valence-corrected chi connectivity index (χ3v) is 6.88. The molecule has 1 aromatic carbocycles. The van der Waals surface area contributed by atoms with E-state index in [1.807, 2.05) is 32.9 Å². The van der Waals surface area contributed by atoms with E-state index in [0.29, 0.717) is 6.42 Å². The van der Waals surface area contributed by atoms with Gasteiger partial charge in [0, 0.05) is 25.0 Å². The van der Waals surface area contributed by atoms with Crippen LogP contribution >= 0.6 is 0 Å². The maximum atomic E-state index is 13.3. The molecule has 1 saturated heterocycles. The van der Waals surface area contributed by atoms with Gasteiger partial charge in [0.1, 0.15) is 22.9 Å². The number of benzene rings is 1. The Labute approximate surface area is 236 Å². The largest absolute Gasteiger partial charge is 0.488 e. The van der Waals surface area contributed by atoms with Crippen LogP contribution in [-0.4, -0.2) is 52.5 Å². The van der Waals surface area contributed by atoms with Gasteiger partial charge in [-0.05, 0) is 89.2 Å². The molecule has 1 aliphatic rings. The van der Waals surface area contributed by atoms with Gasteiger partial charge in [0.05, 0.1) is 12.0 Å². The summed E-state index contributed by atoms with van der Waals surface area (Å²) in [5, 5.41) is 11.0. The molecular weight excluding hydrogens is 519 g/mol. The van der Waals surface area contributed by atoms with Crippen molar-refractivity contribution in [1.29, 1.82) is 0 Å². The topological polar surface area (TPSA) is 66.8 Å². The Kier molecular flexibility index (Phi) is 12.4. The molecule has 1 aromatic rings. The molecular formula is C32H44F3NO4. The summed E-state index contributed by atoms with van der Waals surface area (Å²) in [6.45, 7) is 14.6. The van der Waals surface area contributed by atoms with Crippen molar-refractivity contribution in [3.63, 3.8) is 0 Å². The van der Waals surface area contributed by atoms with Crippen molar-refractivity contribution in [1.82, 2.24) is 4.90 Å². The summed E-state index contributed by atoms with van der Waals surface area (Å²) in [5.74, 6) is -0.558. The van der Waals surface area contributed by atoms with Crippen molar-refractivity contribution >= 4 is 11.6 Å². The van der Waals surface area contributed by atoms with Gasteiger partial charge in [-0.1, -0.05) is 43.9 Å². The van der Waals surface area contributed by atoms with Gasteiger partial charge in [0.15, 0.2) is 0 Å². The fraction of sp³-hybridized carbons (Fsp3) is 0.562. The van der Waals surface area contributed by atoms with Crippen molar-refractivity contribution in [2.45, 2.75) is 91.1 Å². The van der Waals surface area contributed by atoms with Crippen molar-refractivity contribution in [2.75, 3.05) is 13.1 Å². The molecule has 1 heterocycles. The highest BCUT2D eigenvalue weighted by Crippen LogP contribution is 2.29. The molecule has 0 bridgehead atoms. The second-order valence-electron chi connectivity index (χ2n) is 11.7. The Morgan fingerprint density at radius 1 is 1.12 bits per heavy atom. The van der Waals surface area contributed by atoms with E-state index in [9.17, 15) is 27.9 Å². The van der Waals surface area contributed by atoms with Crippen molar-refractivity contribution < 1.29 is 32.6 Å². The number of nitrogens with zero attached hydrogens (tertiary/aromatic N) is 1. The number of likely N-dealkylation sites (tertiary alicyclic amines) is 1. The number of rotatable bonds is 13. The first kappa shape index (κ1) is 33.5. The highest BCUT2D eigenvalue weighted by atomic mass is 19.4. The monoisotopic (exact) mass is 563 g/mol. The zero-order valence-electron chi connectivity index (χ0n) is 24.4. The van der Waals surface area contributed by atoms with Gasteiger partial charge in [-0.3, -0.25) is 9.69 Å². The van der Waals surface area contributed by atoms with E-state index >= 15 is 0 Å². The second-order valence-corrected chi connectivity index (χ2v) is 11.7. The predicted octanol–water partition coefficient (Wildman–Crippen LogP) is 7.00. The van der Waals surface area contributed by atoms with E-state index in [1.54, 1.807) is 13.0 Å². The van der Waals surface area contributed by atoms with Gasteiger partial charge in [-0.2, -0.15) is 13.2 Å². The lowest BCUT2D eigenvalue weighted by atomic mass is 9.81. The average Bonchev–Trinajstić information content (AvgIpc) is 2.85. The number of halogens is 3. The van der Waals surface area contributed by atoms with Gasteiger partial charge in [-0.15, -0.1) is 0 Å². The number of piperidine rings is 1. The number of ketones is 2. The Balaban J connectivity index is 1.99. The molecule has 40 heavy (non-hydrogen) atoms. The predicted molar refractivity (Wildman–Crippen MR) is 152 cm³/mol. The van der Waals surface area contributed by atoms with Crippen LogP contribution in [0.4, 0.5) is 13.2 Å². The number of alkyl halides is 3. The fourth-order valence-electron chi connectivity index (χ4n) is 4.82. The molecule has 2 rings (SSSR count). The van der Waals surface area contributed by atoms with Crippen LogP contribution in [0.5, 0.6) is 5.75 Å². The zero-order valence-corrected chi connectivity index (χ0v) is 24.4. The number of aliphatic hydroxyl groups is 1. The molecule has 0 aliphatic carbocycles. The summed E-state index contributed by atoms with van der Waals surface area (Å²) in [6.07, 6.45) is -0.335. The molecule has 2 atom stereocenters. The van der Waals surface area contributed by atoms with Gasteiger partial charge in [0.25, 0.3) is 0 Å². The van der Waals surface area contributed by atoms with Crippen LogP contribution in [0.15, 0.2) is 60.2 Å². The van der Waals surface area contributed by atoms with Crippen LogP contribution in [-0.2, 0) is 16.1 Å². The maximum absolute atomic E-state index is 13.3. The van der Waals surface area contributed by atoms with E-state index in [4.69, 9.17) is 4.74 Å². The summed E-state index contributed by atoms with van der Waals surface area (Å²) in [5.41, 5.74) is 0.0443. The number of allylic oxidation sites excluding steroid dienone is 3. The van der Waals surface area contributed by atoms with Crippen molar-refractivity contribution in [3.05, 3.63) is 65.8 Å². The highest BCUT2D eigenvalue weighted by molar-refractivity contribution is 5.88. The van der Waals surface area contributed by atoms with Gasteiger partial charge < -0.3 is 14.6 Å². The molecule has 1 fully saturated rings. The van der Waals surface area contributed by atoms with Crippen molar-refractivity contribution in [2.24, 2.45) is 11.8 Å². The smallest absolute Gasteiger partial charge is 0.415 e. The Morgan fingerprint density at radius 3 is 2.23 bits per heavy atom. The third kappa shape index (κ3) is 11.4. The third-order valence-electron chi connectivity index (χ3n) is 6.88. The standard InChI is InChI=1S/C32H44F3NO4/c1-7-8-26(12-9-22(2)32(33,34)35)30(39)28(19-23(3)37)29(38)20-24-15-17-36(18-16-24)21-25-10-13-27(14-11-25)40-31(4,5)6/h8-14,24,28,30,39H,2,7,15-21H2,1,3-6H3/b12-9-,26-8+/t28-,30-/m1/s1.